The Morgan fingerprint density at radius 3 is 1.96 bits per heavy atom. The third-order valence-electron chi connectivity index (χ3n) is 4.12. The van der Waals surface area contributed by atoms with E-state index >= 15 is 0 Å². The molecule has 0 radical (unpaired) electrons. The molecular weight excluding hydrogens is 335 g/mol. The lowest BCUT2D eigenvalue weighted by atomic mass is 10.1. The number of pyridine rings is 1. The molecule has 0 spiro atoms. The smallest absolute Gasteiger partial charge is 0.0811 e. The summed E-state index contributed by atoms with van der Waals surface area (Å²) in [7, 11) is 0.427. The molecule has 0 aliphatic rings. The number of nitrogens with zero attached hydrogens (tertiary/aromatic N) is 2. The van der Waals surface area contributed by atoms with Crippen LogP contribution in [0.25, 0.3) is 11.1 Å². The molecule has 1 heterocycles. The topological polar surface area (TPSA) is 16.1 Å². The number of benzene rings is 3. The minimum Gasteiger partial charge on any atom is -0.317 e. The number of hydrogen-bond acceptors (Lipinski definition) is 2. The molecule has 2 nitrogen and oxygen atoms in total. The molecule has 0 fully saturated rings. The van der Waals surface area contributed by atoms with Gasteiger partial charge in [0.1, 0.15) is 0 Å². The summed E-state index contributed by atoms with van der Waals surface area (Å²) in [6.07, 6.45) is 1.85. The Bertz CT molecular complexity index is 957. The second-order valence-electron chi connectivity index (χ2n) is 5.91. The molecule has 0 saturated carbocycles. The van der Waals surface area contributed by atoms with Gasteiger partial charge in [-0.2, -0.15) is 0 Å². The molecule has 0 aliphatic heterocycles. The molecular formula is C23H19N2P. The van der Waals surface area contributed by atoms with Crippen molar-refractivity contribution in [2.75, 3.05) is 4.67 Å². The van der Waals surface area contributed by atoms with Crippen molar-refractivity contribution in [2.24, 2.45) is 0 Å². The fraction of sp³-hybridized carbons (Fsp3) is 0. The van der Waals surface area contributed by atoms with Gasteiger partial charge in [0, 0.05) is 26.3 Å². The van der Waals surface area contributed by atoms with Crippen molar-refractivity contribution < 1.29 is 0 Å². The first-order valence-electron chi connectivity index (χ1n) is 8.58. The maximum atomic E-state index is 4.52. The van der Waals surface area contributed by atoms with Crippen LogP contribution in [0.15, 0.2) is 109 Å². The quantitative estimate of drug-likeness (QED) is 0.421. The van der Waals surface area contributed by atoms with Crippen LogP contribution in [0.1, 0.15) is 0 Å². The highest BCUT2D eigenvalue weighted by molar-refractivity contribution is 7.49. The molecule has 0 amide bonds. The van der Waals surface area contributed by atoms with Gasteiger partial charge in [0.2, 0.25) is 0 Å². The first-order chi connectivity index (χ1) is 12.9. The molecule has 1 aromatic heterocycles. The molecule has 26 heavy (non-hydrogen) atoms. The van der Waals surface area contributed by atoms with Crippen LogP contribution in [0.2, 0.25) is 0 Å². The van der Waals surface area contributed by atoms with E-state index in [4.69, 9.17) is 0 Å². The van der Waals surface area contributed by atoms with Gasteiger partial charge < -0.3 is 4.67 Å². The summed E-state index contributed by atoms with van der Waals surface area (Å²) in [4.78, 5) is 4.52. The average molecular weight is 354 g/mol. The summed E-state index contributed by atoms with van der Waals surface area (Å²) in [6, 6.07) is 35.7. The Morgan fingerprint density at radius 1 is 0.577 bits per heavy atom. The lowest BCUT2D eigenvalue weighted by Crippen LogP contribution is -2.12. The van der Waals surface area contributed by atoms with Gasteiger partial charge in [-0.05, 0) is 47.5 Å². The molecule has 1 atom stereocenters. The second-order valence-corrected chi connectivity index (χ2v) is 7.10. The largest absolute Gasteiger partial charge is 0.317 e. The summed E-state index contributed by atoms with van der Waals surface area (Å²) in [5, 5.41) is 0. The zero-order valence-corrected chi connectivity index (χ0v) is 15.3. The van der Waals surface area contributed by atoms with E-state index in [1.807, 2.05) is 30.5 Å². The summed E-state index contributed by atoms with van der Waals surface area (Å²) in [5.41, 5.74) is 5.85. The predicted octanol–water partition coefficient (Wildman–Crippen LogP) is 5.81. The molecule has 4 aromatic rings. The standard InChI is InChI=1S/C23H19N2P/c1-3-10-19(11-4-1)20-12-9-15-22(18-20)25(21-13-5-2-6-14-21)26-23-16-7-8-17-24-23/h1-18,26H. The van der Waals surface area contributed by atoms with E-state index in [9.17, 15) is 0 Å². The summed E-state index contributed by atoms with van der Waals surface area (Å²) < 4.78 is 2.33. The van der Waals surface area contributed by atoms with Crippen molar-refractivity contribution in [3.8, 4) is 11.1 Å². The molecule has 126 valence electrons. The fourth-order valence-corrected chi connectivity index (χ4v) is 3.93. The average Bonchev–Trinajstić information content (AvgIpc) is 2.74. The molecule has 0 bridgehead atoms. The highest BCUT2D eigenvalue weighted by Gasteiger charge is 2.12. The van der Waals surface area contributed by atoms with Crippen LogP contribution < -0.4 is 10.1 Å². The number of aromatic nitrogens is 1. The van der Waals surface area contributed by atoms with E-state index in [2.05, 4.69) is 88.5 Å². The van der Waals surface area contributed by atoms with Crippen LogP contribution >= 0.6 is 8.73 Å². The summed E-state index contributed by atoms with van der Waals surface area (Å²) >= 11 is 0. The second kappa shape index (κ2) is 7.95. The fourth-order valence-electron chi connectivity index (χ4n) is 2.85. The Balaban J connectivity index is 1.74. The van der Waals surface area contributed by atoms with Gasteiger partial charge in [-0.15, -0.1) is 0 Å². The molecule has 0 aliphatic carbocycles. The minimum absolute atomic E-state index is 0.427. The van der Waals surface area contributed by atoms with Gasteiger partial charge in [0.15, 0.2) is 0 Å². The van der Waals surface area contributed by atoms with E-state index < -0.39 is 0 Å². The number of hydrogen-bond donors (Lipinski definition) is 0. The minimum atomic E-state index is 0.427. The van der Waals surface area contributed by atoms with Gasteiger partial charge in [-0.3, -0.25) is 4.98 Å². The van der Waals surface area contributed by atoms with Crippen molar-refractivity contribution in [3.05, 3.63) is 109 Å². The van der Waals surface area contributed by atoms with Gasteiger partial charge in [0.25, 0.3) is 0 Å². The third kappa shape index (κ3) is 3.82. The lowest BCUT2D eigenvalue weighted by molar-refractivity contribution is 1.37. The van der Waals surface area contributed by atoms with Gasteiger partial charge in [-0.25, -0.2) is 0 Å². The Kier molecular flexibility index (Phi) is 5.04. The maximum Gasteiger partial charge on any atom is 0.0811 e. The highest BCUT2D eigenvalue weighted by Crippen LogP contribution is 2.37. The molecule has 3 heteroatoms. The van der Waals surface area contributed by atoms with E-state index in [-0.39, 0.29) is 0 Å². The van der Waals surface area contributed by atoms with Crippen LogP contribution in [0.4, 0.5) is 11.4 Å². The number of anilines is 2. The van der Waals surface area contributed by atoms with Crippen molar-refractivity contribution in [3.63, 3.8) is 0 Å². The monoisotopic (exact) mass is 354 g/mol. The Hall–Kier alpha value is -2.96. The van der Waals surface area contributed by atoms with Crippen molar-refractivity contribution in [2.45, 2.75) is 0 Å². The number of rotatable bonds is 5. The zero-order valence-electron chi connectivity index (χ0n) is 14.3. The predicted molar refractivity (Wildman–Crippen MR) is 113 cm³/mol. The van der Waals surface area contributed by atoms with E-state index in [1.54, 1.807) is 0 Å². The highest BCUT2D eigenvalue weighted by atomic mass is 31.1. The van der Waals surface area contributed by atoms with E-state index in [0.717, 1.165) is 5.44 Å². The maximum absolute atomic E-state index is 4.52. The molecule has 4 rings (SSSR count). The number of para-hydroxylation sites is 1. The van der Waals surface area contributed by atoms with E-state index in [0.29, 0.717) is 8.73 Å². The van der Waals surface area contributed by atoms with Crippen LogP contribution in [0, 0.1) is 0 Å². The van der Waals surface area contributed by atoms with Crippen LogP contribution in [-0.2, 0) is 0 Å². The third-order valence-corrected chi connectivity index (χ3v) is 5.38. The molecule has 0 N–H and O–H groups in total. The van der Waals surface area contributed by atoms with Crippen LogP contribution in [0.5, 0.6) is 0 Å². The van der Waals surface area contributed by atoms with Gasteiger partial charge in [0.05, 0.1) is 5.44 Å². The van der Waals surface area contributed by atoms with Crippen LogP contribution in [0.3, 0.4) is 0 Å². The molecule has 0 saturated heterocycles. The Morgan fingerprint density at radius 2 is 1.23 bits per heavy atom. The van der Waals surface area contributed by atoms with Crippen LogP contribution in [-0.4, -0.2) is 4.98 Å². The summed E-state index contributed by atoms with van der Waals surface area (Å²) in [6.45, 7) is 0. The van der Waals surface area contributed by atoms with Gasteiger partial charge in [-0.1, -0.05) is 66.7 Å². The normalized spacial score (nSPS) is 10.9. The summed E-state index contributed by atoms with van der Waals surface area (Å²) in [5.74, 6) is 0. The SMILES string of the molecule is c1ccc(-c2cccc(N(Pc3ccccn3)c3ccccc3)c2)cc1. The van der Waals surface area contributed by atoms with Crippen molar-refractivity contribution in [1.29, 1.82) is 0 Å². The van der Waals surface area contributed by atoms with E-state index in [1.165, 1.54) is 22.5 Å². The van der Waals surface area contributed by atoms with Crippen molar-refractivity contribution >= 4 is 25.5 Å². The molecule has 1 unspecified atom stereocenters. The Labute approximate surface area is 156 Å². The lowest BCUT2D eigenvalue weighted by Gasteiger charge is -2.25. The van der Waals surface area contributed by atoms with Crippen molar-refractivity contribution in [1.82, 2.24) is 4.98 Å². The molecule has 3 aromatic carbocycles. The zero-order chi connectivity index (χ0) is 17.6. The first kappa shape index (κ1) is 16.5. The van der Waals surface area contributed by atoms with Gasteiger partial charge >= 0.3 is 0 Å². The first-order valence-corrected chi connectivity index (χ1v) is 9.53.